The lowest BCUT2D eigenvalue weighted by atomic mass is 9.99. The molecule has 1 rings (SSSR count). The summed E-state index contributed by atoms with van der Waals surface area (Å²) in [7, 11) is 0. The van der Waals surface area contributed by atoms with E-state index < -0.39 is 12.0 Å². The van der Waals surface area contributed by atoms with Crippen LogP contribution >= 0.6 is 0 Å². The Kier molecular flexibility index (Phi) is 6.59. The van der Waals surface area contributed by atoms with Crippen molar-refractivity contribution in [1.82, 2.24) is 15.1 Å². The van der Waals surface area contributed by atoms with Crippen LogP contribution in [0.4, 0.5) is 0 Å². The number of hydrogen-bond acceptors (Lipinski definition) is 3. The molecule has 0 radical (unpaired) electrons. The Morgan fingerprint density at radius 2 is 2.00 bits per heavy atom. The fourth-order valence-corrected chi connectivity index (χ4v) is 2.18. The van der Waals surface area contributed by atoms with Crippen LogP contribution in [0.3, 0.4) is 0 Å². The molecule has 1 heterocycles. The van der Waals surface area contributed by atoms with E-state index in [9.17, 15) is 14.7 Å². The van der Waals surface area contributed by atoms with Gasteiger partial charge in [-0.25, -0.2) is 4.79 Å². The average molecular weight is 309 g/mol. The maximum Gasteiger partial charge on any atom is 0.326 e. The van der Waals surface area contributed by atoms with Crippen molar-refractivity contribution in [2.75, 3.05) is 0 Å². The summed E-state index contributed by atoms with van der Waals surface area (Å²) < 4.78 is 1.80. The molecule has 0 saturated heterocycles. The number of nitrogens with one attached hydrogen (secondary N) is 1. The second-order valence-electron chi connectivity index (χ2n) is 6.22. The summed E-state index contributed by atoms with van der Waals surface area (Å²) in [6.07, 6.45) is 3.18. The Morgan fingerprint density at radius 3 is 2.50 bits per heavy atom. The molecule has 124 valence electrons. The van der Waals surface area contributed by atoms with Gasteiger partial charge in [0.25, 0.3) is 5.91 Å². The number of carbonyl (C=O) groups excluding carboxylic acids is 1. The molecule has 0 aliphatic rings. The third-order valence-electron chi connectivity index (χ3n) is 4.03. The minimum absolute atomic E-state index is 0.127. The summed E-state index contributed by atoms with van der Waals surface area (Å²) >= 11 is 0. The van der Waals surface area contributed by atoms with Crippen molar-refractivity contribution >= 4 is 11.9 Å². The van der Waals surface area contributed by atoms with Crippen LogP contribution < -0.4 is 5.32 Å². The lowest BCUT2D eigenvalue weighted by Gasteiger charge is -2.20. The molecule has 1 amide bonds. The molecule has 1 aromatic heterocycles. The lowest BCUT2D eigenvalue weighted by molar-refractivity contribution is -0.140. The van der Waals surface area contributed by atoms with E-state index in [2.05, 4.69) is 24.3 Å². The zero-order valence-electron chi connectivity index (χ0n) is 14.1. The van der Waals surface area contributed by atoms with Gasteiger partial charge >= 0.3 is 5.97 Å². The number of carboxylic acid groups (broad SMARTS) is 1. The smallest absolute Gasteiger partial charge is 0.326 e. The highest BCUT2D eigenvalue weighted by molar-refractivity contribution is 5.97. The first-order valence-corrected chi connectivity index (χ1v) is 7.83. The van der Waals surface area contributed by atoms with E-state index in [1.165, 1.54) is 6.20 Å². The Bertz CT molecular complexity index is 523. The fourth-order valence-electron chi connectivity index (χ4n) is 2.18. The molecule has 0 unspecified atom stereocenters. The van der Waals surface area contributed by atoms with Crippen LogP contribution in [0.5, 0.6) is 0 Å². The Balaban J connectivity index is 2.83. The lowest BCUT2D eigenvalue weighted by Crippen LogP contribution is -2.45. The molecule has 0 aliphatic carbocycles. The van der Waals surface area contributed by atoms with E-state index in [-0.39, 0.29) is 11.8 Å². The SMILES string of the molecule is CC[C@H](C)[C@H](NC(=O)c1cnn(CCC(C)C)c1C)C(=O)O. The highest BCUT2D eigenvalue weighted by Crippen LogP contribution is 2.13. The van der Waals surface area contributed by atoms with Gasteiger partial charge in [0.1, 0.15) is 6.04 Å². The van der Waals surface area contributed by atoms with E-state index in [0.29, 0.717) is 17.9 Å². The van der Waals surface area contributed by atoms with Crippen molar-refractivity contribution in [2.45, 2.75) is 60.0 Å². The van der Waals surface area contributed by atoms with E-state index in [1.54, 1.807) is 4.68 Å². The van der Waals surface area contributed by atoms with Gasteiger partial charge in [0, 0.05) is 12.2 Å². The third kappa shape index (κ3) is 4.58. The molecule has 0 aliphatic heterocycles. The van der Waals surface area contributed by atoms with E-state index in [1.807, 2.05) is 20.8 Å². The molecule has 6 heteroatoms. The van der Waals surface area contributed by atoms with Crippen LogP contribution in [0, 0.1) is 18.8 Å². The zero-order chi connectivity index (χ0) is 16.9. The molecule has 0 fully saturated rings. The number of aliphatic carboxylic acids is 1. The van der Waals surface area contributed by atoms with Crippen molar-refractivity contribution < 1.29 is 14.7 Å². The third-order valence-corrected chi connectivity index (χ3v) is 4.03. The summed E-state index contributed by atoms with van der Waals surface area (Å²) in [5.74, 6) is -0.950. The number of carboxylic acids is 1. The Labute approximate surface area is 131 Å². The standard InChI is InChI=1S/C16H27N3O3/c1-6-11(4)14(16(21)22)18-15(20)13-9-17-19(12(13)5)8-7-10(2)3/h9-11,14H,6-8H2,1-5H3,(H,18,20)(H,21,22)/t11-,14-/m0/s1. The largest absolute Gasteiger partial charge is 0.480 e. The maximum atomic E-state index is 12.3. The van der Waals surface area contributed by atoms with E-state index in [0.717, 1.165) is 18.7 Å². The molecule has 2 atom stereocenters. The molecular weight excluding hydrogens is 282 g/mol. The van der Waals surface area contributed by atoms with Gasteiger partial charge in [0.2, 0.25) is 0 Å². The van der Waals surface area contributed by atoms with Crippen molar-refractivity contribution in [1.29, 1.82) is 0 Å². The number of amides is 1. The number of rotatable bonds is 8. The normalized spacial score (nSPS) is 13.9. The Hall–Kier alpha value is -1.85. The Morgan fingerprint density at radius 1 is 1.36 bits per heavy atom. The van der Waals surface area contributed by atoms with Crippen LogP contribution in [-0.4, -0.2) is 32.8 Å². The second-order valence-corrected chi connectivity index (χ2v) is 6.22. The van der Waals surface area contributed by atoms with Crippen molar-refractivity contribution in [2.24, 2.45) is 11.8 Å². The van der Waals surface area contributed by atoms with E-state index in [4.69, 9.17) is 0 Å². The topological polar surface area (TPSA) is 84.2 Å². The summed E-state index contributed by atoms with van der Waals surface area (Å²) in [6, 6.07) is -0.879. The molecule has 0 aromatic carbocycles. The molecule has 0 spiro atoms. The van der Waals surface area contributed by atoms with Crippen LogP contribution in [-0.2, 0) is 11.3 Å². The highest BCUT2D eigenvalue weighted by atomic mass is 16.4. The molecule has 0 bridgehead atoms. The molecular formula is C16H27N3O3. The van der Waals surface area contributed by atoms with Crippen molar-refractivity contribution in [3.63, 3.8) is 0 Å². The molecule has 0 saturated carbocycles. The van der Waals surface area contributed by atoms with Gasteiger partial charge in [-0.05, 0) is 25.2 Å². The average Bonchev–Trinajstić information content (AvgIpc) is 2.82. The number of nitrogens with zero attached hydrogens (tertiary/aromatic N) is 2. The summed E-state index contributed by atoms with van der Waals surface area (Å²) in [4.78, 5) is 23.6. The van der Waals surface area contributed by atoms with Crippen LogP contribution in [0.1, 0.15) is 56.6 Å². The zero-order valence-corrected chi connectivity index (χ0v) is 14.1. The first-order valence-electron chi connectivity index (χ1n) is 7.83. The second kappa shape index (κ2) is 7.96. The van der Waals surface area contributed by atoms with Gasteiger partial charge in [-0.3, -0.25) is 9.48 Å². The predicted octanol–water partition coefficient (Wildman–Crippen LogP) is 2.47. The summed E-state index contributed by atoms with van der Waals surface area (Å²) in [5, 5.41) is 16.1. The van der Waals surface area contributed by atoms with Gasteiger partial charge in [0.05, 0.1) is 11.8 Å². The van der Waals surface area contributed by atoms with E-state index >= 15 is 0 Å². The maximum absolute atomic E-state index is 12.3. The molecule has 1 aromatic rings. The van der Waals surface area contributed by atoms with Crippen molar-refractivity contribution in [3.05, 3.63) is 17.5 Å². The van der Waals surface area contributed by atoms with Crippen LogP contribution in [0.15, 0.2) is 6.20 Å². The number of hydrogen-bond donors (Lipinski definition) is 2. The van der Waals surface area contributed by atoms with Crippen LogP contribution in [0.25, 0.3) is 0 Å². The monoisotopic (exact) mass is 309 g/mol. The van der Waals surface area contributed by atoms with Crippen molar-refractivity contribution in [3.8, 4) is 0 Å². The molecule has 22 heavy (non-hydrogen) atoms. The highest BCUT2D eigenvalue weighted by Gasteiger charge is 2.27. The number of aryl methyl sites for hydroxylation is 1. The van der Waals surface area contributed by atoms with Gasteiger partial charge in [0.15, 0.2) is 0 Å². The number of carbonyl (C=O) groups is 2. The summed E-state index contributed by atoms with van der Waals surface area (Å²) in [6.45, 7) is 10.6. The first kappa shape index (κ1) is 18.2. The van der Waals surface area contributed by atoms with Crippen LogP contribution in [0.2, 0.25) is 0 Å². The fraction of sp³-hybridized carbons (Fsp3) is 0.688. The van der Waals surface area contributed by atoms with Gasteiger partial charge < -0.3 is 10.4 Å². The van der Waals surface area contributed by atoms with Gasteiger partial charge in [-0.1, -0.05) is 34.1 Å². The number of aromatic nitrogens is 2. The summed E-state index contributed by atoms with van der Waals surface area (Å²) in [5.41, 5.74) is 1.21. The molecule has 6 nitrogen and oxygen atoms in total. The molecule has 2 N–H and O–H groups in total. The van der Waals surface area contributed by atoms with Gasteiger partial charge in [-0.2, -0.15) is 5.10 Å². The van der Waals surface area contributed by atoms with Gasteiger partial charge in [-0.15, -0.1) is 0 Å². The minimum Gasteiger partial charge on any atom is -0.480 e. The predicted molar refractivity (Wildman–Crippen MR) is 84.8 cm³/mol. The quantitative estimate of drug-likeness (QED) is 0.772. The first-order chi connectivity index (χ1) is 10.3. The minimum atomic E-state index is -1.01.